The third-order valence-electron chi connectivity index (χ3n) is 3.88. The van der Waals surface area contributed by atoms with E-state index >= 15 is 0 Å². The quantitative estimate of drug-likeness (QED) is 0.807. The van der Waals surface area contributed by atoms with Crippen LogP contribution < -0.4 is 0 Å². The van der Waals surface area contributed by atoms with E-state index in [1.807, 2.05) is 0 Å². The van der Waals surface area contributed by atoms with Gasteiger partial charge in [-0.05, 0) is 36.6 Å². The smallest absolute Gasteiger partial charge is 0.419 e. The molecule has 0 saturated carbocycles. The van der Waals surface area contributed by atoms with Crippen molar-refractivity contribution < 1.29 is 27.1 Å². The lowest BCUT2D eigenvalue weighted by molar-refractivity contribution is -0.140. The molecule has 1 aliphatic carbocycles. The summed E-state index contributed by atoms with van der Waals surface area (Å²) in [6, 6.07) is 4.15. The molecule has 0 aliphatic heterocycles. The van der Waals surface area contributed by atoms with Crippen LogP contribution in [-0.4, -0.2) is 5.11 Å². The Morgan fingerprint density at radius 1 is 1.19 bits per heavy atom. The second-order valence-corrected chi connectivity index (χ2v) is 5.16. The fourth-order valence-corrected chi connectivity index (χ4v) is 2.84. The van der Waals surface area contributed by atoms with Gasteiger partial charge in [0.2, 0.25) is 0 Å². The first-order valence-corrected chi connectivity index (χ1v) is 6.49. The molecule has 0 saturated heterocycles. The predicted molar refractivity (Wildman–Crippen MR) is 66.0 cm³/mol. The molecule has 1 heterocycles. The van der Waals surface area contributed by atoms with Crippen molar-refractivity contribution in [2.75, 3.05) is 0 Å². The van der Waals surface area contributed by atoms with E-state index in [9.17, 15) is 22.7 Å². The molecule has 1 unspecified atom stereocenters. The van der Waals surface area contributed by atoms with Gasteiger partial charge in [0, 0.05) is 12.0 Å². The molecular weight excluding hydrogens is 288 g/mol. The van der Waals surface area contributed by atoms with Crippen LogP contribution in [0.1, 0.15) is 35.3 Å². The summed E-state index contributed by atoms with van der Waals surface area (Å²) < 4.78 is 57.1. The molecule has 0 radical (unpaired) electrons. The molecule has 3 rings (SSSR count). The third kappa shape index (κ3) is 2.23. The summed E-state index contributed by atoms with van der Waals surface area (Å²) in [5, 5.41) is 10.8. The number of fused-ring (bicyclic) bond motifs is 1. The summed E-state index contributed by atoms with van der Waals surface area (Å²) in [4.78, 5) is 0. The monoisotopic (exact) mass is 300 g/mol. The van der Waals surface area contributed by atoms with E-state index in [4.69, 9.17) is 4.42 Å². The lowest BCUT2D eigenvalue weighted by atomic mass is 9.77. The Bertz CT molecular complexity index is 675. The maximum Gasteiger partial charge on any atom is 0.419 e. The number of aryl methyl sites for hydroxylation is 1. The molecule has 1 N–H and O–H groups in total. The number of aliphatic hydroxyl groups is 1. The molecule has 0 bridgehead atoms. The molecule has 6 heteroatoms. The molecule has 0 spiro atoms. The van der Waals surface area contributed by atoms with Gasteiger partial charge >= 0.3 is 6.18 Å². The molecule has 2 aromatic rings. The topological polar surface area (TPSA) is 33.4 Å². The zero-order valence-corrected chi connectivity index (χ0v) is 10.9. The van der Waals surface area contributed by atoms with Crippen LogP contribution in [0.5, 0.6) is 0 Å². The first kappa shape index (κ1) is 14.1. The van der Waals surface area contributed by atoms with Crippen LogP contribution in [0.4, 0.5) is 17.6 Å². The molecule has 1 atom stereocenters. The van der Waals surface area contributed by atoms with Gasteiger partial charge in [0.05, 0.1) is 11.8 Å². The summed E-state index contributed by atoms with van der Waals surface area (Å²) >= 11 is 0. The van der Waals surface area contributed by atoms with E-state index in [-0.39, 0.29) is 12.0 Å². The van der Waals surface area contributed by atoms with Crippen molar-refractivity contribution >= 4 is 0 Å². The number of alkyl halides is 3. The average Bonchev–Trinajstić information content (AvgIpc) is 2.88. The molecule has 0 amide bonds. The summed E-state index contributed by atoms with van der Waals surface area (Å²) in [7, 11) is 0. The molecule has 2 nitrogen and oxygen atoms in total. The maximum absolute atomic E-state index is 13.4. The molecule has 112 valence electrons. The Balaban J connectivity index is 2.14. The van der Waals surface area contributed by atoms with E-state index < -0.39 is 23.2 Å². The van der Waals surface area contributed by atoms with E-state index in [0.29, 0.717) is 30.2 Å². The van der Waals surface area contributed by atoms with Gasteiger partial charge in [-0.15, -0.1) is 0 Å². The van der Waals surface area contributed by atoms with Crippen molar-refractivity contribution in [1.82, 2.24) is 0 Å². The molecule has 1 aromatic heterocycles. The molecule has 1 aromatic carbocycles. The van der Waals surface area contributed by atoms with Crippen molar-refractivity contribution in [3.05, 3.63) is 58.8 Å². The Kier molecular flexibility index (Phi) is 3.09. The van der Waals surface area contributed by atoms with E-state index in [2.05, 4.69) is 0 Å². The second-order valence-electron chi connectivity index (χ2n) is 5.16. The van der Waals surface area contributed by atoms with Crippen molar-refractivity contribution in [2.45, 2.75) is 31.0 Å². The SMILES string of the molecule is OC1(c2ccc(F)c(C(F)(F)F)c2)CCCc2occc21. The van der Waals surface area contributed by atoms with Gasteiger partial charge in [0.1, 0.15) is 17.2 Å². The summed E-state index contributed by atoms with van der Waals surface area (Å²) in [5.41, 5.74) is -2.47. The Morgan fingerprint density at radius 2 is 1.95 bits per heavy atom. The zero-order chi connectivity index (χ0) is 15.3. The lowest BCUT2D eigenvalue weighted by Crippen LogP contribution is -2.31. The van der Waals surface area contributed by atoms with Crippen LogP contribution in [-0.2, 0) is 18.2 Å². The first-order chi connectivity index (χ1) is 9.82. The van der Waals surface area contributed by atoms with Gasteiger partial charge in [0.25, 0.3) is 0 Å². The standard InChI is InChI=1S/C15H12F4O2/c16-12-4-3-9(8-11(12)15(17,18)19)14(20)6-1-2-13-10(14)5-7-21-13/h3-5,7-8,20H,1-2,6H2. The third-order valence-corrected chi connectivity index (χ3v) is 3.88. The number of halogens is 4. The van der Waals surface area contributed by atoms with Gasteiger partial charge in [-0.1, -0.05) is 6.07 Å². The fourth-order valence-electron chi connectivity index (χ4n) is 2.84. The van der Waals surface area contributed by atoms with Crippen LogP contribution >= 0.6 is 0 Å². The predicted octanol–water partition coefficient (Wildman–Crippen LogP) is 4.01. The second kappa shape index (κ2) is 4.59. The van der Waals surface area contributed by atoms with E-state index in [1.54, 1.807) is 6.07 Å². The summed E-state index contributed by atoms with van der Waals surface area (Å²) in [6.45, 7) is 0. The van der Waals surface area contributed by atoms with E-state index in [1.165, 1.54) is 12.3 Å². The number of benzene rings is 1. The maximum atomic E-state index is 13.4. The van der Waals surface area contributed by atoms with Crippen molar-refractivity contribution in [2.24, 2.45) is 0 Å². The number of furan rings is 1. The molecule has 21 heavy (non-hydrogen) atoms. The minimum atomic E-state index is -4.80. The van der Waals surface area contributed by atoms with Crippen LogP contribution in [0.2, 0.25) is 0 Å². The summed E-state index contributed by atoms with van der Waals surface area (Å²) in [6.07, 6.45) is -1.93. The van der Waals surface area contributed by atoms with Crippen LogP contribution in [0, 0.1) is 5.82 Å². The van der Waals surface area contributed by atoms with Gasteiger partial charge in [-0.2, -0.15) is 13.2 Å². The average molecular weight is 300 g/mol. The Morgan fingerprint density at radius 3 is 2.67 bits per heavy atom. The fraction of sp³-hybridized carbons (Fsp3) is 0.333. The minimum absolute atomic E-state index is 0.0265. The molecular formula is C15H12F4O2. The highest BCUT2D eigenvalue weighted by Crippen LogP contribution is 2.43. The van der Waals surface area contributed by atoms with Gasteiger partial charge in [-0.3, -0.25) is 0 Å². The van der Waals surface area contributed by atoms with Crippen molar-refractivity contribution in [3.63, 3.8) is 0 Å². The Hall–Kier alpha value is -1.82. The summed E-state index contributed by atoms with van der Waals surface area (Å²) in [5.74, 6) is -0.792. The minimum Gasteiger partial charge on any atom is -0.469 e. The highest BCUT2D eigenvalue weighted by Gasteiger charge is 2.41. The van der Waals surface area contributed by atoms with Gasteiger partial charge in [0.15, 0.2) is 0 Å². The first-order valence-electron chi connectivity index (χ1n) is 6.49. The lowest BCUT2D eigenvalue weighted by Gasteiger charge is -2.32. The normalized spacial score (nSPS) is 22.1. The molecule has 0 fully saturated rings. The van der Waals surface area contributed by atoms with Crippen molar-refractivity contribution in [1.29, 1.82) is 0 Å². The zero-order valence-electron chi connectivity index (χ0n) is 10.9. The van der Waals surface area contributed by atoms with Crippen LogP contribution in [0.25, 0.3) is 0 Å². The number of rotatable bonds is 1. The van der Waals surface area contributed by atoms with Crippen LogP contribution in [0.15, 0.2) is 34.9 Å². The van der Waals surface area contributed by atoms with Crippen LogP contribution in [0.3, 0.4) is 0 Å². The van der Waals surface area contributed by atoms with Gasteiger partial charge in [-0.25, -0.2) is 4.39 Å². The van der Waals surface area contributed by atoms with Crippen molar-refractivity contribution in [3.8, 4) is 0 Å². The number of hydrogen-bond donors (Lipinski definition) is 1. The Labute approximate surface area is 118 Å². The van der Waals surface area contributed by atoms with Gasteiger partial charge < -0.3 is 9.52 Å². The molecule has 1 aliphatic rings. The number of hydrogen-bond acceptors (Lipinski definition) is 2. The highest BCUT2D eigenvalue weighted by molar-refractivity contribution is 5.41. The van der Waals surface area contributed by atoms with E-state index in [0.717, 1.165) is 6.07 Å². The largest absolute Gasteiger partial charge is 0.469 e. The highest BCUT2D eigenvalue weighted by atomic mass is 19.4.